The lowest BCUT2D eigenvalue weighted by Gasteiger charge is -2.07. The second-order valence-electron chi connectivity index (χ2n) is 6.35. The van der Waals surface area contributed by atoms with Crippen molar-refractivity contribution in [3.8, 4) is 11.5 Å². The molecule has 0 spiro atoms. The minimum Gasteiger partial charge on any atom is -0.489 e. The average Bonchev–Trinajstić information content (AvgIpc) is 3.03. The zero-order valence-electron chi connectivity index (χ0n) is 15.0. The molecule has 3 aromatic carbocycles. The zero-order chi connectivity index (χ0) is 19.5. The Balaban J connectivity index is 1.50. The number of carbonyl (C=O) groups excluding carboxylic acids is 1. The van der Waals surface area contributed by atoms with Crippen LogP contribution in [0.4, 0.5) is 0 Å². The first-order valence-corrected chi connectivity index (χ1v) is 9.19. The molecule has 0 fully saturated rings. The fourth-order valence-electron chi connectivity index (χ4n) is 2.91. The molecule has 4 heteroatoms. The second kappa shape index (κ2) is 7.75. The van der Waals surface area contributed by atoms with Gasteiger partial charge in [-0.25, -0.2) is 0 Å². The van der Waals surface area contributed by atoms with Crippen molar-refractivity contribution in [3.05, 3.63) is 106 Å². The first-order valence-electron chi connectivity index (χ1n) is 8.81. The Hall–Kier alpha value is -3.30. The van der Waals surface area contributed by atoms with Crippen molar-refractivity contribution in [2.24, 2.45) is 0 Å². The van der Waals surface area contributed by atoms with Crippen LogP contribution in [0.25, 0.3) is 12.2 Å². The molecule has 3 aromatic rings. The van der Waals surface area contributed by atoms with E-state index in [2.05, 4.69) is 6.58 Å². The molecule has 1 aliphatic rings. The van der Waals surface area contributed by atoms with Crippen LogP contribution in [0.3, 0.4) is 0 Å². The van der Waals surface area contributed by atoms with E-state index in [1.807, 2.05) is 42.5 Å². The summed E-state index contributed by atoms with van der Waals surface area (Å²) >= 11 is 6.17. The molecule has 0 radical (unpaired) electrons. The summed E-state index contributed by atoms with van der Waals surface area (Å²) in [5.41, 5.74) is 3.36. The SMILES string of the molecule is C=Cc1ccc(COc2ccc3c(c2)OC(=Cc2ccccc2Cl)C3=O)cc1. The van der Waals surface area contributed by atoms with Crippen LogP contribution in [0.1, 0.15) is 27.0 Å². The molecule has 0 aliphatic carbocycles. The molecule has 1 aliphatic heterocycles. The predicted octanol–water partition coefficient (Wildman–Crippen LogP) is 6.18. The molecule has 0 N–H and O–H groups in total. The number of carbonyl (C=O) groups is 1. The summed E-state index contributed by atoms with van der Waals surface area (Å²) in [6.07, 6.45) is 3.46. The van der Waals surface area contributed by atoms with E-state index in [0.29, 0.717) is 28.7 Å². The van der Waals surface area contributed by atoms with Gasteiger partial charge in [-0.2, -0.15) is 0 Å². The Morgan fingerprint density at radius 1 is 1.04 bits per heavy atom. The molecule has 1 heterocycles. The van der Waals surface area contributed by atoms with E-state index in [4.69, 9.17) is 21.1 Å². The van der Waals surface area contributed by atoms with E-state index in [1.54, 1.807) is 36.4 Å². The van der Waals surface area contributed by atoms with Crippen molar-refractivity contribution in [2.45, 2.75) is 6.61 Å². The average molecular weight is 389 g/mol. The molecule has 0 unspecified atom stereocenters. The molecule has 138 valence electrons. The van der Waals surface area contributed by atoms with Crippen LogP contribution in [0.15, 0.2) is 79.1 Å². The van der Waals surface area contributed by atoms with E-state index >= 15 is 0 Å². The summed E-state index contributed by atoms with van der Waals surface area (Å²) in [6.45, 7) is 4.17. The number of ether oxygens (including phenoxy) is 2. The summed E-state index contributed by atoms with van der Waals surface area (Å²) in [4.78, 5) is 12.6. The molecule has 28 heavy (non-hydrogen) atoms. The van der Waals surface area contributed by atoms with Gasteiger partial charge in [0, 0.05) is 11.1 Å². The van der Waals surface area contributed by atoms with Gasteiger partial charge < -0.3 is 9.47 Å². The lowest BCUT2D eigenvalue weighted by molar-refractivity contribution is 0.101. The number of hydrogen-bond donors (Lipinski definition) is 0. The Bertz CT molecular complexity index is 1080. The van der Waals surface area contributed by atoms with Gasteiger partial charge in [-0.05, 0) is 41.0 Å². The maximum atomic E-state index is 12.6. The number of ketones is 1. The van der Waals surface area contributed by atoms with Gasteiger partial charge in [-0.15, -0.1) is 0 Å². The molecule has 0 amide bonds. The van der Waals surface area contributed by atoms with Gasteiger partial charge in [0.05, 0.1) is 5.56 Å². The predicted molar refractivity (Wildman–Crippen MR) is 112 cm³/mol. The van der Waals surface area contributed by atoms with Crippen LogP contribution in [0.2, 0.25) is 5.02 Å². The highest BCUT2D eigenvalue weighted by Gasteiger charge is 2.27. The number of fused-ring (bicyclic) bond motifs is 1. The molecule has 0 bridgehead atoms. The number of halogens is 1. The Kier molecular flexibility index (Phi) is 5.00. The van der Waals surface area contributed by atoms with E-state index in [-0.39, 0.29) is 11.5 Å². The van der Waals surface area contributed by atoms with Crippen LogP contribution in [0, 0.1) is 0 Å². The van der Waals surface area contributed by atoms with Crippen LogP contribution in [-0.4, -0.2) is 5.78 Å². The van der Waals surface area contributed by atoms with Crippen LogP contribution >= 0.6 is 11.6 Å². The van der Waals surface area contributed by atoms with E-state index in [1.165, 1.54) is 0 Å². The van der Waals surface area contributed by atoms with Gasteiger partial charge in [0.15, 0.2) is 5.76 Å². The van der Waals surface area contributed by atoms with Crippen LogP contribution in [-0.2, 0) is 6.61 Å². The van der Waals surface area contributed by atoms with Crippen molar-refractivity contribution >= 4 is 29.5 Å². The third-order valence-corrected chi connectivity index (χ3v) is 4.80. The quantitative estimate of drug-likeness (QED) is 0.490. The lowest BCUT2D eigenvalue weighted by Crippen LogP contribution is -1.98. The minimum atomic E-state index is -0.165. The van der Waals surface area contributed by atoms with Crippen molar-refractivity contribution in [1.29, 1.82) is 0 Å². The topological polar surface area (TPSA) is 35.5 Å². The summed E-state index contributed by atoms with van der Waals surface area (Å²) < 4.78 is 11.6. The summed E-state index contributed by atoms with van der Waals surface area (Å²) in [6, 6.07) is 20.5. The Labute approximate surface area is 168 Å². The Morgan fingerprint density at radius 2 is 1.82 bits per heavy atom. The molecule has 0 aromatic heterocycles. The zero-order valence-corrected chi connectivity index (χ0v) is 15.8. The molecular formula is C24H17ClO3. The number of benzene rings is 3. The van der Waals surface area contributed by atoms with Gasteiger partial charge in [-0.1, -0.05) is 66.7 Å². The van der Waals surface area contributed by atoms with Crippen molar-refractivity contribution in [1.82, 2.24) is 0 Å². The summed E-state index contributed by atoms with van der Waals surface area (Å²) in [5, 5.41) is 0.564. The maximum absolute atomic E-state index is 12.6. The molecule has 3 nitrogen and oxygen atoms in total. The standard InChI is InChI=1S/C24H17ClO3/c1-2-16-7-9-17(10-8-16)15-27-19-11-12-20-22(14-19)28-23(24(20)26)13-18-5-3-4-6-21(18)25/h2-14H,1,15H2. The van der Waals surface area contributed by atoms with E-state index in [0.717, 1.165) is 16.7 Å². The number of Topliss-reactive ketones (excluding diaryl/α,β-unsaturated/α-hetero) is 1. The van der Waals surface area contributed by atoms with Gasteiger partial charge in [0.1, 0.15) is 18.1 Å². The van der Waals surface area contributed by atoms with Crippen molar-refractivity contribution < 1.29 is 14.3 Å². The van der Waals surface area contributed by atoms with E-state index < -0.39 is 0 Å². The van der Waals surface area contributed by atoms with Crippen molar-refractivity contribution in [3.63, 3.8) is 0 Å². The molecule has 4 rings (SSSR count). The third kappa shape index (κ3) is 3.71. The third-order valence-electron chi connectivity index (χ3n) is 4.45. The Morgan fingerprint density at radius 3 is 2.57 bits per heavy atom. The van der Waals surface area contributed by atoms with Crippen LogP contribution in [0.5, 0.6) is 11.5 Å². The normalized spacial score (nSPS) is 13.9. The number of hydrogen-bond acceptors (Lipinski definition) is 3. The van der Waals surface area contributed by atoms with Gasteiger partial charge in [0.2, 0.25) is 5.78 Å². The first kappa shape index (κ1) is 18.1. The molecule has 0 saturated heterocycles. The summed E-state index contributed by atoms with van der Waals surface area (Å²) in [7, 11) is 0. The molecular weight excluding hydrogens is 372 g/mol. The highest BCUT2D eigenvalue weighted by atomic mass is 35.5. The van der Waals surface area contributed by atoms with Gasteiger partial charge in [-0.3, -0.25) is 4.79 Å². The van der Waals surface area contributed by atoms with Gasteiger partial charge >= 0.3 is 0 Å². The highest BCUT2D eigenvalue weighted by molar-refractivity contribution is 6.32. The maximum Gasteiger partial charge on any atom is 0.231 e. The fraction of sp³-hybridized carbons (Fsp3) is 0.0417. The number of rotatable bonds is 5. The summed E-state index contributed by atoms with van der Waals surface area (Å²) in [5.74, 6) is 1.21. The van der Waals surface area contributed by atoms with Crippen LogP contribution < -0.4 is 9.47 Å². The highest BCUT2D eigenvalue weighted by Crippen LogP contribution is 2.35. The lowest BCUT2D eigenvalue weighted by atomic mass is 10.1. The van der Waals surface area contributed by atoms with E-state index in [9.17, 15) is 4.79 Å². The number of allylic oxidation sites excluding steroid dienone is 1. The monoisotopic (exact) mass is 388 g/mol. The van der Waals surface area contributed by atoms with Crippen molar-refractivity contribution in [2.75, 3.05) is 0 Å². The molecule has 0 atom stereocenters. The smallest absolute Gasteiger partial charge is 0.231 e. The second-order valence-corrected chi connectivity index (χ2v) is 6.76. The first-order chi connectivity index (χ1) is 13.6. The minimum absolute atomic E-state index is 0.165. The fourth-order valence-corrected chi connectivity index (χ4v) is 3.10. The molecule has 0 saturated carbocycles. The van der Waals surface area contributed by atoms with Gasteiger partial charge in [0.25, 0.3) is 0 Å². The largest absolute Gasteiger partial charge is 0.489 e.